The van der Waals surface area contributed by atoms with Crippen molar-refractivity contribution in [2.45, 2.75) is 12.6 Å². The predicted octanol–water partition coefficient (Wildman–Crippen LogP) is 1.65. The Hall–Kier alpha value is -1.46. The molecule has 1 aromatic rings. The summed E-state index contributed by atoms with van der Waals surface area (Å²) in [6, 6.07) is 4.06. The summed E-state index contributed by atoms with van der Waals surface area (Å²) in [5.41, 5.74) is 1.20. The van der Waals surface area contributed by atoms with Crippen LogP contribution in [0.2, 0.25) is 0 Å². The number of nitrogens with zero attached hydrogens (tertiary/aromatic N) is 2. The van der Waals surface area contributed by atoms with Gasteiger partial charge in [0.05, 0.1) is 21.3 Å². The minimum atomic E-state index is 0.382. The summed E-state index contributed by atoms with van der Waals surface area (Å²) < 4.78 is 16.1. The molecule has 2 fully saturated rings. The maximum Gasteiger partial charge on any atom is 0.203 e. The Morgan fingerprint density at radius 3 is 1.94 bits per heavy atom. The smallest absolute Gasteiger partial charge is 0.203 e. The van der Waals surface area contributed by atoms with Gasteiger partial charge in [0.1, 0.15) is 6.17 Å². The lowest BCUT2D eigenvalue weighted by Gasteiger charge is -2.14. The highest BCUT2D eigenvalue weighted by Gasteiger charge is 2.49. The van der Waals surface area contributed by atoms with Crippen LogP contribution in [0, 0.1) is 0 Å². The monoisotopic (exact) mass is 250 g/mol. The van der Waals surface area contributed by atoms with E-state index in [0.29, 0.717) is 11.9 Å². The largest absolute Gasteiger partial charge is 0.493 e. The average molecular weight is 250 g/mol. The normalized spacial score (nSPS) is 28.7. The van der Waals surface area contributed by atoms with Crippen LogP contribution in [0.1, 0.15) is 18.2 Å². The van der Waals surface area contributed by atoms with Crippen molar-refractivity contribution in [3.8, 4) is 17.2 Å². The van der Waals surface area contributed by atoms with E-state index >= 15 is 0 Å². The number of hydrazine groups is 1. The first-order valence-corrected chi connectivity index (χ1v) is 6.13. The van der Waals surface area contributed by atoms with Gasteiger partial charge in [0, 0.05) is 13.1 Å². The molecule has 2 aliphatic rings. The molecule has 2 aliphatic heterocycles. The number of ether oxygens (including phenoxy) is 3. The lowest BCUT2D eigenvalue weighted by molar-refractivity contribution is 0.323. The van der Waals surface area contributed by atoms with Crippen LogP contribution < -0.4 is 14.2 Å². The molecule has 5 nitrogen and oxygen atoms in total. The highest BCUT2D eigenvalue weighted by Crippen LogP contribution is 2.49. The van der Waals surface area contributed by atoms with Crippen molar-refractivity contribution in [3.05, 3.63) is 17.7 Å². The molecule has 0 aromatic heterocycles. The molecule has 5 heteroatoms. The van der Waals surface area contributed by atoms with E-state index in [0.717, 1.165) is 24.6 Å². The van der Waals surface area contributed by atoms with Gasteiger partial charge in [-0.2, -0.15) is 0 Å². The van der Waals surface area contributed by atoms with Gasteiger partial charge in [-0.1, -0.05) is 0 Å². The van der Waals surface area contributed by atoms with Gasteiger partial charge in [0.25, 0.3) is 0 Å². The fourth-order valence-corrected chi connectivity index (χ4v) is 2.74. The molecular weight excluding hydrogens is 232 g/mol. The summed E-state index contributed by atoms with van der Waals surface area (Å²) in [4.78, 5) is 0. The molecule has 18 heavy (non-hydrogen) atoms. The van der Waals surface area contributed by atoms with Crippen LogP contribution in [-0.4, -0.2) is 44.4 Å². The summed E-state index contributed by atoms with van der Waals surface area (Å²) in [5, 5.41) is 4.72. The van der Waals surface area contributed by atoms with Crippen molar-refractivity contribution in [2.75, 3.05) is 34.4 Å². The van der Waals surface area contributed by atoms with E-state index in [1.807, 2.05) is 12.1 Å². The number of benzene rings is 1. The maximum absolute atomic E-state index is 5.38. The quantitative estimate of drug-likeness (QED) is 0.759. The van der Waals surface area contributed by atoms with Gasteiger partial charge in [-0.15, -0.1) is 0 Å². The maximum atomic E-state index is 5.38. The Kier molecular flexibility index (Phi) is 2.80. The minimum absolute atomic E-state index is 0.382. The number of hydrogen-bond donors (Lipinski definition) is 0. The van der Waals surface area contributed by atoms with E-state index in [1.54, 1.807) is 21.3 Å². The average Bonchev–Trinajstić information content (AvgIpc) is 2.89. The first-order valence-electron chi connectivity index (χ1n) is 6.13. The van der Waals surface area contributed by atoms with Crippen LogP contribution >= 0.6 is 0 Å². The first-order chi connectivity index (χ1) is 8.80. The third-order valence-electron chi connectivity index (χ3n) is 3.60. The molecule has 3 rings (SSSR count). The number of hydrogen-bond acceptors (Lipinski definition) is 5. The highest BCUT2D eigenvalue weighted by molar-refractivity contribution is 5.54. The SMILES string of the molecule is COc1cc(C2N3CCCN23)cc(OC)c1OC. The van der Waals surface area contributed by atoms with E-state index in [-0.39, 0.29) is 0 Å². The molecule has 0 N–H and O–H groups in total. The lowest BCUT2D eigenvalue weighted by Crippen LogP contribution is -2.02. The van der Waals surface area contributed by atoms with Gasteiger partial charge in [-0.05, 0) is 24.1 Å². The topological polar surface area (TPSA) is 33.7 Å². The van der Waals surface area contributed by atoms with E-state index in [4.69, 9.17) is 14.2 Å². The van der Waals surface area contributed by atoms with Crippen LogP contribution in [0.3, 0.4) is 0 Å². The van der Waals surface area contributed by atoms with Crippen molar-refractivity contribution in [1.29, 1.82) is 0 Å². The minimum Gasteiger partial charge on any atom is -0.493 e. The zero-order chi connectivity index (χ0) is 12.7. The second-order valence-electron chi connectivity index (χ2n) is 4.51. The Morgan fingerprint density at radius 2 is 1.50 bits per heavy atom. The molecule has 1 aromatic carbocycles. The fraction of sp³-hybridized carbons (Fsp3) is 0.538. The van der Waals surface area contributed by atoms with Gasteiger partial charge in [-0.25, -0.2) is 10.0 Å². The van der Waals surface area contributed by atoms with Gasteiger partial charge in [-0.3, -0.25) is 0 Å². The Labute approximate surface area is 107 Å². The van der Waals surface area contributed by atoms with Gasteiger partial charge >= 0.3 is 0 Å². The van der Waals surface area contributed by atoms with Crippen molar-refractivity contribution in [3.63, 3.8) is 0 Å². The number of methoxy groups -OCH3 is 3. The second-order valence-corrected chi connectivity index (χ2v) is 4.51. The molecule has 98 valence electrons. The van der Waals surface area contributed by atoms with Gasteiger partial charge in [0.15, 0.2) is 11.5 Å². The first kappa shape index (κ1) is 11.6. The van der Waals surface area contributed by atoms with Crippen molar-refractivity contribution in [1.82, 2.24) is 10.0 Å². The summed E-state index contributed by atoms with van der Waals surface area (Å²) in [5.74, 6) is 2.10. The molecule has 2 atom stereocenters. The van der Waals surface area contributed by atoms with Crippen molar-refractivity contribution >= 4 is 0 Å². The third kappa shape index (κ3) is 1.62. The lowest BCUT2D eigenvalue weighted by atomic mass is 10.1. The van der Waals surface area contributed by atoms with Gasteiger partial charge < -0.3 is 14.2 Å². The summed E-state index contributed by atoms with van der Waals surface area (Å²) in [7, 11) is 4.92. The summed E-state index contributed by atoms with van der Waals surface area (Å²) in [6.45, 7) is 2.28. The van der Waals surface area contributed by atoms with Crippen molar-refractivity contribution < 1.29 is 14.2 Å². The van der Waals surface area contributed by atoms with Crippen LogP contribution in [0.15, 0.2) is 12.1 Å². The number of rotatable bonds is 4. The number of fused-ring (bicyclic) bond motifs is 1. The summed E-state index contributed by atoms with van der Waals surface area (Å²) >= 11 is 0. The second kappa shape index (κ2) is 4.33. The predicted molar refractivity (Wildman–Crippen MR) is 66.9 cm³/mol. The molecule has 0 spiro atoms. The Balaban J connectivity index is 1.96. The molecule has 0 bridgehead atoms. The standard InChI is InChI=1S/C13H18N2O3/c1-16-10-7-9(8-11(17-2)12(10)18-3)13-14-5-4-6-15(13)14/h7-8,13H,4-6H2,1-3H3. The van der Waals surface area contributed by atoms with Crippen LogP contribution in [0.25, 0.3) is 0 Å². The Bertz CT molecular complexity index is 429. The zero-order valence-corrected chi connectivity index (χ0v) is 11.0. The van der Waals surface area contributed by atoms with E-state index in [2.05, 4.69) is 10.0 Å². The summed E-state index contributed by atoms with van der Waals surface area (Å²) in [6.07, 6.45) is 1.63. The van der Waals surface area contributed by atoms with Gasteiger partial charge in [0.2, 0.25) is 5.75 Å². The van der Waals surface area contributed by atoms with E-state index in [1.165, 1.54) is 12.0 Å². The fourth-order valence-electron chi connectivity index (χ4n) is 2.74. The molecule has 2 heterocycles. The Morgan fingerprint density at radius 1 is 0.944 bits per heavy atom. The van der Waals surface area contributed by atoms with E-state index < -0.39 is 0 Å². The molecule has 0 saturated carbocycles. The van der Waals surface area contributed by atoms with Crippen LogP contribution in [0.5, 0.6) is 17.2 Å². The molecule has 0 amide bonds. The molecule has 0 radical (unpaired) electrons. The molecule has 2 unspecified atom stereocenters. The van der Waals surface area contributed by atoms with E-state index in [9.17, 15) is 0 Å². The van der Waals surface area contributed by atoms with Crippen molar-refractivity contribution in [2.24, 2.45) is 0 Å². The molecular formula is C13H18N2O3. The third-order valence-corrected chi connectivity index (χ3v) is 3.60. The molecule has 0 aliphatic carbocycles. The zero-order valence-electron chi connectivity index (χ0n) is 11.0. The van der Waals surface area contributed by atoms with Crippen LogP contribution in [-0.2, 0) is 0 Å². The van der Waals surface area contributed by atoms with Crippen LogP contribution in [0.4, 0.5) is 0 Å². The highest BCUT2D eigenvalue weighted by atomic mass is 16.5. The molecule has 2 saturated heterocycles.